The molecular weight excluding hydrogens is 548 g/mol. The zero-order valence-corrected chi connectivity index (χ0v) is 24.2. The number of carbonyl (C=O) groups excluding carboxylic acids is 1. The topological polar surface area (TPSA) is 121 Å². The van der Waals surface area contributed by atoms with Crippen molar-refractivity contribution in [2.24, 2.45) is 5.73 Å². The molecule has 9 heteroatoms. The predicted octanol–water partition coefficient (Wildman–Crippen LogP) is 5.90. The Balaban J connectivity index is 0.000000296. The van der Waals surface area contributed by atoms with Gasteiger partial charge in [0.15, 0.2) is 17.6 Å². The second kappa shape index (κ2) is 15.4. The van der Waals surface area contributed by atoms with Crippen LogP contribution in [0.4, 0.5) is 11.4 Å². The Kier molecular flexibility index (Phi) is 11.1. The third kappa shape index (κ3) is 8.34. The zero-order valence-electron chi connectivity index (χ0n) is 24.2. The fraction of sp³-hybridized carbons (Fsp3) is 0.235. The second-order valence-corrected chi connectivity index (χ2v) is 9.58. The predicted molar refractivity (Wildman–Crippen MR) is 164 cm³/mol. The van der Waals surface area contributed by atoms with Gasteiger partial charge in [-0.15, -0.1) is 0 Å². The number of fused-ring (bicyclic) bond motifs is 2. The molecule has 2 atom stereocenters. The Morgan fingerprint density at radius 3 is 2.00 bits per heavy atom. The molecule has 4 aromatic rings. The van der Waals surface area contributed by atoms with Crippen molar-refractivity contribution in [3.05, 3.63) is 114 Å². The SMILES string of the molecule is CCOC(Cc1ccc(OCCN2c3ccccc3Oc3ccccc32)cc1)C(=O)O.COC(=O)C(N)c1ccccc1. The molecule has 0 saturated heterocycles. The van der Waals surface area contributed by atoms with Gasteiger partial charge in [-0.3, -0.25) is 4.79 Å². The van der Waals surface area contributed by atoms with Crippen LogP contribution in [0.5, 0.6) is 17.2 Å². The van der Waals surface area contributed by atoms with E-state index in [1.807, 2.05) is 91.0 Å². The van der Waals surface area contributed by atoms with Gasteiger partial charge >= 0.3 is 11.9 Å². The van der Waals surface area contributed by atoms with E-state index >= 15 is 0 Å². The highest BCUT2D eigenvalue weighted by atomic mass is 16.5. The summed E-state index contributed by atoms with van der Waals surface area (Å²) in [5.41, 5.74) is 9.26. The molecule has 0 spiro atoms. The summed E-state index contributed by atoms with van der Waals surface area (Å²) in [5.74, 6) is 1.02. The summed E-state index contributed by atoms with van der Waals surface area (Å²) in [5, 5.41) is 9.24. The first-order chi connectivity index (χ1) is 20.9. The summed E-state index contributed by atoms with van der Waals surface area (Å²) in [6, 6.07) is 31.8. The Labute approximate surface area is 251 Å². The number of esters is 1. The van der Waals surface area contributed by atoms with E-state index in [0.717, 1.165) is 39.8 Å². The molecule has 5 rings (SSSR count). The number of ether oxygens (including phenoxy) is 4. The fourth-order valence-electron chi connectivity index (χ4n) is 4.55. The number of rotatable bonds is 11. The molecule has 43 heavy (non-hydrogen) atoms. The number of methoxy groups -OCH3 is 1. The maximum atomic E-state index is 11.3. The van der Waals surface area contributed by atoms with Crippen molar-refractivity contribution in [2.45, 2.75) is 25.5 Å². The zero-order chi connectivity index (χ0) is 30.6. The van der Waals surface area contributed by atoms with Crippen molar-refractivity contribution < 1.29 is 33.6 Å². The van der Waals surface area contributed by atoms with Crippen molar-refractivity contribution in [3.63, 3.8) is 0 Å². The molecule has 3 N–H and O–H groups in total. The van der Waals surface area contributed by atoms with Gasteiger partial charge in [-0.05, 0) is 54.4 Å². The summed E-state index contributed by atoms with van der Waals surface area (Å²) in [6.45, 7) is 3.30. The van der Waals surface area contributed by atoms with Crippen LogP contribution >= 0.6 is 0 Å². The lowest BCUT2D eigenvalue weighted by Gasteiger charge is -2.32. The van der Waals surface area contributed by atoms with E-state index in [-0.39, 0.29) is 0 Å². The van der Waals surface area contributed by atoms with Crippen LogP contribution in [0.15, 0.2) is 103 Å². The number of benzene rings is 4. The molecular formula is C34H36N2O7. The van der Waals surface area contributed by atoms with Crippen LogP contribution in [0.25, 0.3) is 0 Å². The van der Waals surface area contributed by atoms with E-state index in [4.69, 9.17) is 19.9 Å². The van der Waals surface area contributed by atoms with E-state index < -0.39 is 24.1 Å². The minimum atomic E-state index is -0.951. The monoisotopic (exact) mass is 584 g/mol. The molecule has 0 saturated carbocycles. The maximum Gasteiger partial charge on any atom is 0.333 e. The largest absolute Gasteiger partial charge is 0.492 e. The average molecular weight is 585 g/mol. The van der Waals surface area contributed by atoms with Crippen LogP contribution in [0.1, 0.15) is 24.1 Å². The van der Waals surface area contributed by atoms with Crippen molar-refractivity contribution in [3.8, 4) is 17.2 Å². The second-order valence-electron chi connectivity index (χ2n) is 9.58. The first-order valence-electron chi connectivity index (χ1n) is 14.0. The number of nitrogens with zero attached hydrogens (tertiary/aromatic N) is 1. The smallest absolute Gasteiger partial charge is 0.333 e. The third-order valence-electron chi connectivity index (χ3n) is 6.72. The average Bonchev–Trinajstić information content (AvgIpc) is 3.05. The fourth-order valence-corrected chi connectivity index (χ4v) is 4.55. The number of para-hydroxylation sites is 4. The van der Waals surface area contributed by atoms with Gasteiger partial charge in [0.25, 0.3) is 0 Å². The van der Waals surface area contributed by atoms with E-state index in [1.165, 1.54) is 7.11 Å². The maximum absolute atomic E-state index is 11.3. The van der Waals surface area contributed by atoms with E-state index in [2.05, 4.69) is 9.64 Å². The first-order valence-corrected chi connectivity index (χ1v) is 14.0. The van der Waals surface area contributed by atoms with Crippen LogP contribution in [0, 0.1) is 0 Å². The lowest BCUT2D eigenvalue weighted by Crippen LogP contribution is -2.26. The van der Waals surface area contributed by atoms with Gasteiger partial charge in [-0.25, -0.2) is 4.79 Å². The quantitative estimate of drug-likeness (QED) is 0.208. The molecule has 0 aromatic heterocycles. The summed E-state index contributed by atoms with van der Waals surface area (Å²) < 4.78 is 21.8. The first kappa shape index (κ1) is 31.1. The molecule has 4 aromatic carbocycles. The van der Waals surface area contributed by atoms with Crippen LogP contribution in [0.2, 0.25) is 0 Å². The summed E-state index contributed by atoms with van der Waals surface area (Å²) in [6.07, 6.45) is -0.511. The summed E-state index contributed by atoms with van der Waals surface area (Å²) in [7, 11) is 1.32. The van der Waals surface area contributed by atoms with Gasteiger partial charge in [0.05, 0.1) is 25.0 Å². The van der Waals surface area contributed by atoms with Crippen molar-refractivity contribution >= 4 is 23.3 Å². The number of hydrogen-bond donors (Lipinski definition) is 2. The van der Waals surface area contributed by atoms with Crippen LogP contribution in [-0.2, 0) is 25.5 Å². The van der Waals surface area contributed by atoms with Gasteiger partial charge in [0, 0.05) is 13.0 Å². The molecule has 0 radical (unpaired) electrons. The molecule has 0 fully saturated rings. The van der Waals surface area contributed by atoms with Crippen molar-refractivity contribution in [2.75, 3.05) is 31.8 Å². The van der Waals surface area contributed by atoms with Gasteiger partial charge in [-0.2, -0.15) is 0 Å². The molecule has 0 aliphatic carbocycles. The normalized spacial score (nSPS) is 12.8. The van der Waals surface area contributed by atoms with Gasteiger partial charge in [0.1, 0.15) is 18.4 Å². The molecule has 0 bridgehead atoms. The molecule has 2 unspecified atom stereocenters. The lowest BCUT2D eigenvalue weighted by molar-refractivity contribution is -0.150. The number of nitrogens with two attached hydrogens (primary N) is 1. The Morgan fingerprint density at radius 1 is 0.860 bits per heavy atom. The third-order valence-corrected chi connectivity index (χ3v) is 6.72. The highest BCUT2D eigenvalue weighted by molar-refractivity contribution is 5.78. The van der Waals surface area contributed by atoms with Crippen molar-refractivity contribution in [1.29, 1.82) is 0 Å². The molecule has 1 aliphatic rings. The van der Waals surface area contributed by atoms with E-state index in [1.54, 1.807) is 19.1 Å². The van der Waals surface area contributed by atoms with Crippen LogP contribution < -0.4 is 20.1 Å². The van der Waals surface area contributed by atoms with Crippen molar-refractivity contribution in [1.82, 2.24) is 0 Å². The lowest BCUT2D eigenvalue weighted by atomic mass is 10.1. The highest BCUT2D eigenvalue weighted by Crippen LogP contribution is 2.45. The number of aliphatic carboxylic acids is 1. The Bertz CT molecular complexity index is 1430. The minimum Gasteiger partial charge on any atom is -0.492 e. The molecule has 9 nitrogen and oxygen atoms in total. The van der Waals surface area contributed by atoms with Gasteiger partial charge in [-0.1, -0.05) is 66.7 Å². The van der Waals surface area contributed by atoms with Gasteiger partial charge in [0.2, 0.25) is 0 Å². The summed E-state index contributed by atoms with van der Waals surface area (Å²) in [4.78, 5) is 24.4. The number of carboxylic acids is 1. The van der Waals surface area contributed by atoms with Gasteiger partial charge < -0.3 is 34.7 Å². The summed E-state index contributed by atoms with van der Waals surface area (Å²) >= 11 is 0. The van der Waals surface area contributed by atoms with Crippen LogP contribution in [0.3, 0.4) is 0 Å². The van der Waals surface area contributed by atoms with E-state index in [0.29, 0.717) is 26.2 Å². The Morgan fingerprint density at radius 2 is 1.44 bits per heavy atom. The minimum absolute atomic E-state index is 0.324. The van der Waals surface area contributed by atoms with E-state index in [9.17, 15) is 14.7 Å². The molecule has 0 amide bonds. The molecule has 1 aliphatic heterocycles. The number of anilines is 2. The molecule has 1 heterocycles. The van der Waals surface area contributed by atoms with Crippen LogP contribution in [-0.4, -0.2) is 50.0 Å². The highest BCUT2D eigenvalue weighted by Gasteiger charge is 2.23. The number of hydrogen-bond acceptors (Lipinski definition) is 8. The Hall–Kier alpha value is -4.86. The molecule has 224 valence electrons. The standard InChI is InChI=1S/C25H25NO5.C9H11NO2/c1-2-29-24(25(27)28)17-18-11-13-19(14-12-18)30-16-15-26-20-7-3-5-9-22(20)31-23-10-6-4-8-21(23)26;1-12-9(11)8(10)7-5-3-2-4-6-7/h3-14,24H,2,15-17H2,1H3,(H,27,28);2-6,8H,10H2,1H3. The number of carboxylic acid groups (broad SMARTS) is 1. The number of carbonyl (C=O) groups is 2.